The second kappa shape index (κ2) is 4.52. The van der Waals surface area contributed by atoms with Crippen LogP contribution in [-0.4, -0.2) is 30.6 Å². The number of hydrogen-bond donors (Lipinski definition) is 1. The fourth-order valence-electron chi connectivity index (χ4n) is 2.90. The lowest BCUT2D eigenvalue weighted by Crippen LogP contribution is -2.38. The minimum atomic E-state index is -0.0205. The van der Waals surface area contributed by atoms with Gasteiger partial charge in [0.15, 0.2) is 0 Å². The van der Waals surface area contributed by atoms with Crippen LogP contribution in [0.2, 0.25) is 0 Å². The Morgan fingerprint density at radius 3 is 3.11 bits per heavy atom. The van der Waals surface area contributed by atoms with Gasteiger partial charge in [0, 0.05) is 6.54 Å². The first-order chi connectivity index (χ1) is 8.79. The number of amidine groups is 1. The summed E-state index contributed by atoms with van der Waals surface area (Å²) in [4.78, 5) is 2.09. The monoisotopic (exact) mass is 246 g/mol. The van der Waals surface area contributed by atoms with Gasteiger partial charge in [-0.2, -0.15) is 0 Å². The largest absolute Gasteiger partial charge is 0.497 e. The molecule has 2 saturated heterocycles. The van der Waals surface area contributed by atoms with Crippen molar-refractivity contribution in [2.75, 3.05) is 13.7 Å². The maximum absolute atomic E-state index is 7.92. The van der Waals surface area contributed by atoms with Crippen LogP contribution < -0.4 is 4.74 Å². The molecular weight excluding hydrogens is 228 g/mol. The van der Waals surface area contributed by atoms with Crippen LogP contribution in [0.25, 0.3) is 0 Å². The number of nitrogens with one attached hydrogen (secondary N) is 1. The fraction of sp³-hybridized carbons (Fsp3) is 0.500. The van der Waals surface area contributed by atoms with Crippen molar-refractivity contribution < 1.29 is 9.47 Å². The van der Waals surface area contributed by atoms with Gasteiger partial charge in [-0.05, 0) is 37.0 Å². The second-order valence-electron chi connectivity index (χ2n) is 4.88. The molecule has 0 aromatic heterocycles. The molecule has 0 unspecified atom stereocenters. The van der Waals surface area contributed by atoms with Crippen molar-refractivity contribution in [1.82, 2.24) is 4.90 Å². The van der Waals surface area contributed by atoms with Gasteiger partial charge < -0.3 is 14.4 Å². The molecule has 18 heavy (non-hydrogen) atoms. The summed E-state index contributed by atoms with van der Waals surface area (Å²) in [5.74, 6) is 0.844. The number of piperidine rings is 1. The predicted molar refractivity (Wildman–Crippen MR) is 68.9 cm³/mol. The lowest BCUT2D eigenvalue weighted by molar-refractivity contribution is 0.167. The van der Waals surface area contributed by atoms with Gasteiger partial charge in [0.1, 0.15) is 11.9 Å². The first-order valence-electron chi connectivity index (χ1n) is 6.45. The molecule has 1 aromatic carbocycles. The second-order valence-corrected chi connectivity index (χ2v) is 4.88. The summed E-state index contributed by atoms with van der Waals surface area (Å²) >= 11 is 0. The van der Waals surface area contributed by atoms with Crippen molar-refractivity contribution in [3.05, 3.63) is 29.8 Å². The van der Waals surface area contributed by atoms with Crippen LogP contribution in [0, 0.1) is 5.41 Å². The molecule has 1 aromatic rings. The van der Waals surface area contributed by atoms with Crippen LogP contribution in [0.15, 0.2) is 24.3 Å². The Morgan fingerprint density at radius 1 is 1.39 bits per heavy atom. The minimum Gasteiger partial charge on any atom is -0.497 e. The Bertz CT molecular complexity index is 461. The van der Waals surface area contributed by atoms with Crippen LogP contribution in [-0.2, 0) is 4.74 Å². The van der Waals surface area contributed by atoms with Crippen molar-refractivity contribution >= 4 is 6.02 Å². The van der Waals surface area contributed by atoms with Crippen molar-refractivity contribution in [1.29, 1.82) is 5.41 Å². The lowest BCUT2D eigenvalue weighted by atomic mass is 9.94. The van der Waals surface area contributed by atoms with E-state index < -0.39 is 0 Å². The molecule has 4 heteroatoms. The van der Waals surface area contributed by atoms with Gasteiger partial charge in [-0.15, -0.1) is 0 Å². The van der Waals surface area contributed by atoms with E-state index in [0.717, 1.165) is 30.7 Å². The Kier molecular flexibility index (Phi) is 2.86. The zero-order valence-corrected chi connectivity index (χ0v) is 10.6. The molecule has 2 atom stereocenters. The SMILES string of the molecule is COc1cccc([C@H]2OC(=N)N3CCCC[C@H]23)c1. The van der Waals surface area contributed by atoms with Crippen molar-refractivity contribution in [3.8, 4) is 5.75 Å². The van der Waals surface area contributed by atoms with E-state index in [0.29, 0.717) is 12.1 Å². The summed E-state index contributed by atoms with van der Waals surface area (Å²) in [6, 6.07) is 8.62. The maximum atomic E-state index is 7.92. The van der Waals surface area contributed by atoms with E-state index in [1.54, 1.807) is 7.11 Å². The smallest absolute Gasteiger partial charge is 0.285 e. The highest BCUT2D eigenvalue weighted by Crippen LogP contribution is 2.38. The molecule has 0 radical (unpaired) electrons. The lowest BCUT2D eigenvalue weighted by Gasteiger charge is -2.29. The summed E-state index contributed by atoms with van der Waals surface area (Å²) in [6.07, 6.45) is 3.46. The van der Waals surface area contributed by atoms with E-state index in [-0.39, 0.29) is 6.10 Å². The molecule has 1 N–H and O–H groups in total. The van der Waals surface area contributed by atoms with Gasteiger partial charge >= 0.3 is 0 Å². The van der Waals surface area contributed by atoms with Gasteiger partial charge in [0.25, 0.3) is 6.02 Å². The summed E-state index contributed by atoms with van der Waals surface area (Å²) < 4.78 is 11.0. The summed E-state index contributed by atoms with van der Waals surface area (Å²) in [5.41, 5.74) is 1.11. The summed E-state index contributed by atoms with van der Waals surface area (Å²) in [5, 5.41) is 7.92. The molecule has 0 aliphatic carbocycles. The van der Waals surface area contributed by atoms with Crippen molar-refractivity contribution in [3.63, 3.8) is 0 Å². The molecule has 2 heterocycles. The first kappa shape index (κ1) is 11.4. The number of hydrogen-bond acceptors (Lipinski definition) is 3. The number of rotatable bonds is 2. The van der Waals surface area contributed by atoms with Gasteiger partial charge in [-0.1, -0.05) is 12.1 Å². The molecule has 2 fully saturated rings. The van der Waals surface area contributed by atoms with Crippen LogP contribution in [0.3, 0.4) is 0 Å². The third-order valence-electron chi connectivity index (χ3n) is 3.82. The Balaban J connectivity index is 1.89. The highest BCUT2D eigenvalue weighted by Gasteiger charge is 2.41. The minimum absolute atomic E-state index is 0.0205. The average Bonchev–Trinajstić information content (AvgIpc) is 2.77. The zero-order chi connectivity index (χ0) is 12.5. The van der Waals surface area contributed by atoms with E-state index >= 15 is 0 Å². The maximum Gasteiger partial charge on any atom is 0.285 e. The number of fused-ring (bicyclic) bond motifs is 1. The predicted octanol–water partition coefficient (Wildman–Crippen LogP) is 2.56. The van der Waals surface area contributed by atoms with E-state index in [9.17, 15) is 0 Å². The van der Waals surface area contributed by atoms with E-state index in [1.165, 1.54) is 6.42 Å². The van der Waals surface area contributed by atoms with E-state index in [2.05, 4.69) is 11.0 Å². The molecule has 96 valence electrons. The van der Waals surface area contributed by atoms with Crippen molar-refractivity contribution in [2.45, 2.75) is 31.4 Å². The summed E-state index contributed by atoms with van der Waals surface area (Å²) in [7, 11) is 1.67. The van der Waals surface area contributed by atoms with E-state index in [4.69, 9.17) is 14.9 Å². The Morgan fingerprint density at radius 2 is 2.28 bits per heavy atom. The standard InChI is InChI=1S/C14H18N2O2/c1-17-11-6-4-5-10(9-11)13-12-7-2-3-8-16(12)14(15)18-13/h4-6,9,12-13,15H,2-3,7-8H2,1H3/t12-,13-/m1/s1. The molecule has 3 rings (SSSR count). The van der Waals surface area contributed by atoms with Gasteiger partial charge in [-0.3, -0.25) is 5.41 Å². The quantitative estimate of drug-likeness (QED) is 0.872. The van der Waals surface area contributed by atoms with Crippen molar-refractivity contribution in [2.24, 2.45) is 0 Å². The summed E-state index contributed by atoms with van der Waals surface area (Å²) in [6.45, 7) is 0.948. The first-order valence-corrected chi connectivity index (χ1v) is 6.45. The highest BCUT2D eigenvalue weighted by atomic mass is 16.5. The van der Waals surface area contributed by atoms with Gasteiger partial charge in [-0.25, -0.2) is 0 Å². The molecule has 2 aliphatic heterocycles. The molecular formula is C14H18N2O2. The normalized spacial score (nSPS) is 26.7. The molecule has 0 amide bonds. The number of ether oxygens (including phenoxy) is 2. The van der Waals surface area contributed by atoms with Crippen LogP contribution in [0.4, 0.5) is 0 Å². The average molecular weight is 246 g/mol. The topological polar surface area (TPSA) is 45.6 Å². The highest BCUT2D eigenvalue weighted by molar-refractivity contribution is 5.73. The van der Waals surface area contributed by atoms with Crippen LogP contribution in [0.1, 0.15) is 30.9 Å². The number of benzene rings is 1. The molecule has 0 saturated carbocycles. The van der Waals surface area contributed by atoms with Crippen LogP contribution >= 0.6 is 0 Å². The Hall–Kier alpha value is -1.71. The van der Waals surface area contributed by atoms with Crippen LogP contribution in [0.5, 0.6) is 5.75 Å². The fourth-order valence-corrected chi connectivity index (χ4v) is 2.90. The molecule has 4 nitrogen and oxygen atoms in total. The van der Waals surface area contributed by atoms with Gasteiger partial charge in [0.05, 0.1) is 13.2 Å². The molecule has 2 aliphatic rings. The number of nitrogens with zero attached hydrogens (tertiary/aromatic N) is 1. The van der Waals surface area contributed by atoms with E-state index in [1.807, 2.05) is 18.2 Å². The third kappa shape index (κ3) is 1.82. The zero-order valence-electron chi connectivity index (χ0n) is 10.6. The molecule has 0 bridgehead atoms. The van der Waals surface area contributed by atoms with Gasteiger partial charge in [0.2, 0.25) is 0 Å². The molecule has 0 spiro atoms. The number of methoxy groups -OCH3 is 1. The third-order valence-corrected chi connectivity index (χ3v) is 3.82. The Labute approximate surface area is 107 Å².